The van der Waals surface area contributed by atoms with Crippen LogP contribution >= 0.6 is 23.8 Å². The molecule has 0 saturated carbocycles. The fourth-order valence-corrected chi connectivity index (χ4v) is 3.12. The van der Waals surface area contributed by atoms with Gasteiger partial charge >= 0.3 is 0 Å². The van der Waals surface area contributed by atoms with E-state index in [1.807, 2.05) is 0 Å². The number of H-pyrrole nitrogens is 1. The zero-order chi connectivity index (χ0) is 21.1. The maximum Gasteiger partial charge on any atom is 0.277 e. The number of nitrogens with zero attached hydrogens (tertiary/aromatic N) is 2. The van der Waals surface area contributed by atoms with Crippen molar-refractivity contribution in [3.8, 4) is 11.6 Å². The summed E-state index contributed by atoms with van der Waals surface area (Å²) in [6, 6.07) is 11.9. The lowest BCUT2D eigenvalue weighted by Gasteiger charge is -2.12. The van der Waals surface area contributed by atoms with Crippen molar-refractivity contribution in [3.63, 3.8) is 0 Å². The Bertz CT molecular complexity index is 1260. The average molecular weight is 430 g/mol. The highest BCUT2D eigenvalue weighted by Gasteiger charge is 2.19. The van der Waals surface area contributed by atoms with Crippen LogP contribution in [0.15, 0.2) is 53.3 Å². The van der Waals surface area contributed by atoms with E-state index >= 15 is 0 Å². The zero-order valence-corrected chi connectivity index (χ0v) is 16.1. The molecule has 2 N–H and O–H groups in total. The normalized spacial score (nSPS) is 11.3. The molecule has 0 saturated heterocycles. The van der Waals surface area contributed by atoms with Crippen LogP contribution in [0.3, 0.4) is 0 Å². The number of benzene rings is 2. The van der Waals surface area contributed by atoms with Crippen molar-refractivity contribution >= 4 is 47.4 Å². The Labute approximate surface area is 173 Å². The van der Waals surface area contributed by atoms with E-state index in [0.717, 1.165) is 6.08 Å². The molecule has 10 heteroatoms. The summed E-state index contributed by atoms with van der Waals surface area (Å²) in [6.07, 6.45) is 1.44. The molecule has 8 nitrogen and oxygen atoms in total. The molecule has 0 fully saturated rings. The number of carbonyl (C=O) groups excluding carboxylic acids is 1. The number of aromatic nitrogens is 2. The second-order valence-electron chi connectivity index (χ2n) is 5.80. The maximum absolute atomic E-state index is 12.4. The third kappa shape index (κ3) is 4.00. The standard InChI is InChI=1S/C19H12ClN3O5S/c20-12-5-7-13(8-6-12)22-18(26)15(17(25)21-19(22)29)9-11(10-24)14-3-1-2-4-16(14)23(27)28/h1-10,26H,(H,21,25,29). The molecule has 0 bridgehead atoms. The monoisotopic (exact) mass is 429 g/mol. The minimum atomic E-state index is -0.754. The van der Waals surface area contributed by atoms with Crippen LogP contribution in [0.25, 0.3) is 17.3 Å². The first-order valence-corrected chi connectivity index (χ1v) is 8.87. The van der Waals surface area contributed by atoms with E-state index in [1.165, 1.54) is 28.8 Å². The number of rotatable bonds is 5. The molecule has 0 aliphatic heterocycles. The molecule has 0 radical (unpaired) electrons. The highest BCUT2D eigenvalue weighted by atomic mass is 35.5. The second kappa shape index (κ2) is 8.21. The van der Waals surface area contributed by atoms with Crippen molar-refractivity contribution in [2.45, 2.75) is 0 Å². The van der Waals surface area contributed by atoms with Crippen LogP contribution in [0.1, 0.15) is 11.1 Å². The van der Waals surface area contributed by atoms with E-state index < -0.39 is 16.4 Å². The Hall–Kier alpha value is -3.56. The second-order valence-corrected chi connectivity index (χ2v) is 6.62. The molecule has 0 aliphatic carbocycles. The molecule has 0 spiro atoms. The molecule has 3 rings (SSSR count). The number of aldehydes is 1. The summed E-state index contributed by atoms with van der Waals surface area (Å²) in [7, 11) is 0. The van der Waals surface area contributed by atoms with Gasteiger partial charge in [-0.25, -0.2) is 0 Å². The van der Waals surface area contributed by atoms with Crippen LogP contribution < -0.4 is 5.56 Å². The van der Waals surface area contributed by atoms with Gasteiger partial charge in [-0.05, 0) is 48.6 Å². The van der Waals surface area contributed by atoms with E-state index in [9.17, 15) is 24.8 Å². The van der Waals surface area contributed by atoms with Crippen LogP contribution in [0, 0.1) is 14.9 Å². The smallest absolute Gasteiger partial charge is 0.277 e. The Morgan fingerprint density at radius 3 is 2.48 bits per heavy atom. The van der Waals surface area contributed by atoms with Gasteiger partial charge < -0.3 is 5.11 Å². The predicted molar refractivity (Wildman–Crippen MR) is 111 cm³/mol. The molecule has 0 amide bonds. The van der Waals surface area contributed by atoms with Crippen molar-refractivity contribution in [1.29, 1.82) is 0 Å². The number of hydrogen-bond donors (Lipinski definition) is 2. The number of nitro benzene ring substituents is 1. The van der Waals surface area contributed by atoms with Crippen molar-refractivity contribution in [2.75, 3.05) is 0 Å². The topological polar surface area (TPSA) is 118 Å². The van der Waals surface area contributed by atoms with Gasteiger partial charge in [0.25, 0.3) is 11.2 Å². The van der Waals surface area contributed by atoms with Gasteiger partial charge in [-0.15, -0.1) is 0 Å². The van der Waals surface area contributed by atoms with E-state index in [2.05, 4.69) is 4.98 Å². The maximum atomic E-state index is 12.4. The number of allylic oxidation sites excluding steroid dienone is 1. The minimum absolute atomic E-state index is 0.00629. The molecular formula is C19H12ClN3O5S. The summed E-state index contributed by atoms with van der Waals surface area (Å²) in [5, 5.41) is 22.4. The van der Waals surface area contributed by atoms with E-state index in [4.69, 9.17) is 23.8 Å². The SMILES string of the molecule is O=CC(=Cc1c(O)n(-c2ccc(Cl)cc2)c(=S)[nH]c1=O)c1ccccc1[N+](=O)[O-]. The van der Waals surface area contributed by atoms with Crippen molar-refractivity contribution in [1.82, 2.24) is 9.55 Å². The van der Waals surface area contributed by atoms with E-state index in [0.29, 0.717) is 17.0 Å². The number of nitrogens with one attached hydrogen (secondary N) is 1. The Kier molecular flexibility index (Phi) is 5.71. The molecule has 146 valence electrons. The number of aromatic amines is 1. The van der Waals surface area contributed by atoms with Gasteiger partial charge in [0.2, 0.25) is 5.88 Å². The predicted octanol–water partition coefficient (Wildman–Crippen LogP) is 3.90. The lowest BCUT2D eigenvalue weighted by Crippen LogP contribution is -2.16. The van der Waals surface area contributed by atoms with Gasteiger partial charge in [0.1, 0.15) is 5.56 Å². The van der Waals surface area contributed by atoms with Crippen LogP contribution in [0.5, 0.6) is 5.88 Å². The van der Waals surface area contributed by atoms with Gasteiger partial charge in [-0.2, -0.15) is 0 Å². The molecule has 29 heavy (non-hydrogen) atoms. The van der Waals surface area contributed by atoms with Gasteiger partial charge in [0.15, 0.2) is 11.1 Å². The van der Waals surface area contributed by atoms with Gasteiger partial charge in [-0.3, -0.25) is 29.3 Å². The first kappa shape index (κ1) is 20.2. The number of hydrogen-bond acceptors (Lipinski definition) is 6. The highest BCUT2D eigenvalue weighted by molar-refractivity contribution is 7.71. The van der Waals surface area contributed by atoms with Crippen LogP contribution in [-0.2, 0) is 4.79 Å². The number of nitro groups is 1. The first-order valence-electron chi connectivity index (χ1n) is 8.08. The van der Waals surface area contributed by atoms with Crippen molar-refractivity contribution < 1.29 is 14.8 Å². The van der Waals surface area contributed by atoms with Gasteiger partial charge in [0.05, 0.1) is 16.2 Å². The van der Waals surface area contributed by atoms with E-state index in [-0.39, 0.29) is 27.2 Å². The van der Waals surface area contributed by atoms with E-state index in [1.54, 1.807) is 24.3 Å². The molecule has 1 aromatic heterocycles. The van der Waals surface area contributed by atoms with Crippen molar-refractivity contribution in [3.05, 3.63) is 89.9 Å². The molecule has 3 aromatic rings. The quantitative estimate of drug-likeness (QED) is 0.209. The fourth-order valence-electron chi connectivity index (χ4n) is 2.71. The third-order valence-corrected chi connectivity index (χ3v) is 4.58. The summed E-state index contributed by atoms with van der Waals surface area (Å²) in [5.41, 5.74) is -1.08. The van der Waals surface area contributed by atoms with Gasteiger partial charge in [0, 0.05) is 16.7 Å². The molecular weight excluding hydrogens is 418 g/mol. The molecule has 0 aliphatic rings. The molecule has 0 atom stereocenters. The molecule has 1 heterocycles. The summed E-state index contributed by atoms with van der Waals surface area (Å²) in [6.45, 7) is 0. The number of carbonyl (C=O) groups is 1. The van der Waals surface area contributed by atoms with Crippen LogP contribution in [-0.4, -0.2) is 25.9 Å². The Morgan fingerprint density at radius 2 is 1.86 bits per heavy atom. The summed E-state index contributed by atoms with van der Waals surface area (Å²) < 4.78 is 1.10. The number of halogens is 1. The number of aromatic hydroxyl groups is 1. The first-order chi connectivity index (χ1) is 13.8. The van der Waals surface area contributed by atoms with Crippen LogP contribution in [0.4, 0.5) is 5.69 Å². The lowest BCUT2D eigenvalue weighted by molar-refractivity contribution is -0.385. The summed E-state index contributed by atoms with van der Waals surface area (Å²) in [5.74, 6) is -0.529. The highest BCUT2D eigenvalue weighted by Crippen LogP contribution is 2.28. The lowest BCUT2D eigenvalue weighted by atomic mass is 10.0. The summed E-state index contributed by atoms with van der Waals surface area (Å²) in [4.78, 5) is 37.1. The molecule has 2 aromatic carbocycles. The minimum Gasteiger partial charge on any atom is -0.494 e. The molecule has 0 unspecified atom stereocenters. The Balaban J connectivity index is 2.26. The van der Waals surface area contributed by atoms with Gasteiger partial charge in [-0.1, -0.05) is 23.7 Å². The Morgan fingerprint density at radius 1 is 1.21 bits per heavy atom. The van der Waals surface area contributed by atoms with Crippen molar-refractivity contribution in [2.24, 2.45) is 0 Å². The van der Waals surface area contributed by atoms with Crippen LogP contribution in [0.2, 0.25) is 5.02 Å². The number of para-hydroxylation sites is 1. The zero-order valence-electron chi connectivity index (χ0n) is 14.5. The largest absolute Gasteiger partial charge is 0.494 e. The average Bonchev–Trinajstić information content (AvgIpc) is 2.69. The third-order valence-electron chi connectivity index (χ3n) is 4.04. The fraction of sp³-hybridized carbons (Fsp3) is 0. The summed E-state index contributed by atoms with van der Waals surface area (Å²) >= 11 is 11.0.